The summed E-state index contributed by atoms with van der Waals surface area (Å²) in [6.07, 6.45) is 3.40. The Kier molecular flexibility index (Phi) is 3.87. The molecular formula is C13H21ClN4O. The number of aromatic nitrogens is 2. The summed E-state index contributed by atoms with van der Waals surface area (Å²) in [6.45, 7) is 4.55. The maximum absolute atomic E-state index is 11.5. The first-order chi connectivity index (χ1) is 8.86. The van der Waals surface area contributed by atoms with E-state index in [1.807, 2.05) is 18.5 Å². The third kappa shape index (κ3) is 2.49. The first-order valence-corrected chi connectivity index (χ1v) is 7.02. The second kappa shape index (κ2) is 5.13. The molecule has 5 nitrogen and oxygen atoms in total. The zero-order valence-corrected chi connectivity index (χ0v) is 12.2. The third-order valence-corrected chi connectivity index (χ3v) is 4.86. The highest BCUT2D eigenvalue weighted by molar-refractivity contribution is 6.31. The van der Waals surface area contributed by atoms with Crippen molar-refractivity contribution < 1.29 is 4.79 Å². The molecule has 1 heterocycles. The van der Waals surface area contributed by atoms with Crippen LogP contribution in [0.2, 0.25) is 5.02 Å². The number of hydrogen-bond donors (Lipinski definition) is 2. The van der Waals surface area contributed by atoms with Gasteiger partial charge in [-0.1, -0.05) is 18.0 Å². The van der Waals surface area contributed by atoms with Crippen LogP contribution in [-0.4, -0.2) is 21.2 Å². The van der Waals surface area contributed by atoms with Gasteiger partial charge in [0.2, 0.25) is 5.91 Å². The van der Waals surface area contributed by atoms with E-state index >= 15 is 0 Å². The molecule has 6 heteroatoms. The van der Waals surface area contributed by atoms with Gasteiger partial charge in [-0.15, -0.1) is 0 Å². The molecule has 0 bridgehead atoms. The van der Waals surface area contributed by atoms with Gasteiger partial charge in [0.25, 0.3) is 0 Å². The molecule has 2 atom stereocenters. The lowest BCUT2D eigenvalue weighted by Crippen LogP contribution is -2.54. The van der Waals surface area contributed by atoms with Crippen LogP contribution >= 0.6 is 11.6 Å². The largest absolute Gasteiger partial charge is 0.368 e. The fourth-order valence-electron chi connectivity index (χ4n) is 3.00. The molecule has 1 aromatic rings. The van der Waals surface area contributed by atoms with Crippen molar-refractivity contribution in [2.45, 2.75) is 51.6 Å². The number of aryl methyl sites for hydroxylation is 2. The van der Waals surface area contributed by atoms with E-state index in [0.29, 0.717) is 11.4 Å². The number of primary amides is 1. The lowest BCUT2D eigenvalue weighted by atomic mass is 9.85. The summed E-state index contributed by atoms with van der Waals surface area (Å²) in [5.74, 6) is -0.255. The third-order valence-electron chi connectivity index (χ3n) is 4.31. The van der Waals surface area contributed by atoms with Crippen LogP contribution in [0, 0.1) is 19.8 Å². The highest BCUT2D eigenvalue weighted by Gasteiger charge is 2.43. The van der Waals surface area contributed by atoms with Crippen LogP contribution in [0.1, 0.15) is 37.1 Å². The predicted molar refractivity (Wildman–Crippen MR) is 74.8 cm³/mol. The average molecular weight is 285 g/mol. The first-order valence-electron chi connectivity index (χ1n) is 6.64. The monoisotopic (exact) mass is 284 g/mol. The molecule has 0 aromatic carbocycles. The molecule has 19 heavy (non-hydrogen) atoms. The lowest BCUT2D eigenvalue weighted by molar-refractivity contribution is -0.124. The summed E-state index contributed by atoms with van der Waals surface area (Å²) in [6, 6.07) is 0. The van der Waals surface area contributed by atoms with Gasteiger partial charge in [-0.3, -0.25) is 9.48 Å². The van der Waals surface area contributed by atoms with E-state index in [1.54, 1.807) is 0 Å². The van der Waals surface area contributed by atoms with Gasteiger partial charge in [0.05, 0.1) is 21.9 Å². The summed E-state index contributed by atoms with van der Waals surface area (Å²) < 4.78 is 1.89. The van der Waals surface area contributed by atoms with Gasteiger partial charge in [0, 0.05) is 6.54 Å². The Bertz CT molecular complexity index is 499. The SMILES string of the molecule is Cc1nn(CCC2CCCC2(N)C(N)=O)c(C)c1Cl. The zero-order valence-electron chi connectivity index (χ0n) is 11.4. The normalized spacial score (nSPS) is 26.8. The van der Waals surface area contributed by atoms with Crippen molar-refractivity contribution in [2.24, 2.45) is 17.4 Å². The number of nitrogens with two attached hydrogens (primary N) is 2. The summed E-state index contributed by atoms with van der Waals surface area (Å²) in [4.78, 5) is 11.5. The maximum Gasteiger partial charge on any atom is 0.237 e. The Morgan fingerprint density at radius 1 is 1.58 bits per heavy atom. The Morgan fingerprint density at radius 3 is 2.79 bits per heavy atom. The second-order valence-electron chi connectivity index (χ2n) is 5.49. The standard InChI is InChI=1S/C13H21ClN4O/c1-8-11(14)9(2)18(17-8)7-5-10-4-3-6-13(10,16)12(15)19/h10H,3-7,16H2,1-2H3,(H2,15,19). The topological polar surface area (TPSA) is 86.9 Å². The maximum atomic E-state index is 11.5. The van der Waals surface area contributed by atoms with Gasteiger partial charge in [-0.25, -0.2) is 0 Å². The van der Waals surface area contributed by atoms with Crippen LogP contribution in [-0.2, 0) is 11.3 Å². The molecule has 1 aliphatic rings. The Labute approximate surface area is 118 Å². The van der Waals surface area contributed by atoms with Crippen LogP contribution in [0.25, 0.3) is 0 Å². The van der Waals surface area contributed by atoms with Gasteiger partial charge >= 0.3 is 0 Å². The number of nitrogens with zero attached hydrogens (tertiary/aromatic N) is 2. The average Bonchev–Trinajstić information content (AvgIpc) is 2.84. The quantitative estimate of drug-likeness (QED) is 0.879. The Morgan fingerprint density at radius 2 is 2.26 bits per heavy atom. The number of amides is 1. The van der Waals surface area contributed by atoms with Crippen LogP contribution in [0.4, 0.5) is 0 Å². The molecule has 0 spiro atoms. The number of rotatable bonds is 4. The van der Waals surface area contributed by atoms with E-state index in [4.69, 9.17) is 23.1 Å². The highest BCUT2D eigenvalue weighted by Crippen LogP contribution is 2.36. The van der Waals surface area contributed by atoms with Gasteiger partial charge in [0.15, 0.2) is 0 Å². The molecule has 1 aromatic heterocycles. The van der Waals surface area contributed by atoms with Crippen molar-refractivity contribution in [1.29, 1.82) is 0 Å². The van der Waals surface area contributed by atoms with Gasteiger partial charge in [0.1, 0.15) is 0 Å². The molecule has 1 saturated carbocycles. The molecule has 0 saturated heterocycles. The second-order valence-corrected chi connectivity index (χ2v) is 5.87. The predicted octanol–water partition coefficient (Wildman–Crippen LogP) is 1.53. The van der Waals surface area contributed by atoms with E-state index in [0.717, 1.165) is 37.2 Å². The number of hydrogen-bond acceptors (Lipinski definition) is 3. The fourth-order valence-corrected chi connectivity index (χ4v) is 3.14. The molecule has 2 unspecified atom stereocenters. The van der Waals surface area contributed by atoms with E-state index in [-0.39, 0.29) is 11.8 Å². The highest BCUT2D eigenvalue weighted by atomic mass is 35.5. The van der Waals surface area contributed by atoms with E-state index in [9.17, 15) is 4.79 Å². The van der Waals surface area contributed by atoms with Crippen molar-refractivity contribution in [3.8, 4) is 0 Å². The van der Waals surface area contributed by atoms with Gasteiger partial charge < -0.3 is 11.5 Å². The van der Waals surface area contributed by atoms with E-state index < -0.39 is 5.54 Å². The summed E-state index contributed by atoms with van der Waals surface area (Å²) in [5.41, 5.74) is 12.5. The fraction of sp³-hybridized carbons (Fsp3) is 0.692. The van der Waals surface area contributed by atoms with Crippen molar-refractivity contribution in [3.63, 3.8) is 0 Å². The van der Waals surface area contributed by atoms with E-state index in [1.165, 1.54) is 0 Å². The summed E-state index contributed by atoms with van der Waals surface area (Å²) >= 11 is 6.12. The molecule has 1 aliphatic carbocycles. The Balaban J connectivity index is 2.06. The minimum Gasteiger partial charge on any atom is -0.368 e. The smallest absolute Gasteiger partial charge is 0.237 e. The van der Waals surface area contributed by atoms with Gasteiger partial charge in [-0.2, -0.15) is 5.10 Å². The molecule has 0 aliphatic heterocycles. The zero-order chi connectivity index (χ0) is 14.2. The lowest BCUT2D eigenvalue weighted by Gasteiger charge is -2.28. The molecule has 0 radical (unpaired) electrons. The molecule has 1 fully saturated rings. The minimum atomic E-state index is -0.847. The van der Waals surface area contributed by atoms with Gasteiger partial charge in [-0.05, 0) is 39.0 Å². The van der Waals surface area contributed by atoms with Crippen molar-refractivity contribution in [1.82, 2.24) is 9.78 Å². The summed E-state index contributed by atoms with van der Waals surface area (Å²) in [5, 5.41) is 5.10. The number of carbonyl (C=O) groups excluding carboxylic acids is 1. The molecule has 4 N–H and O–H groups in total. The molecule has 2 rings (SSSR count). The molecule has 106 valence electrons. The van der Waals surface area contributed by atoms with E-state index in [2.05, 4.69) is 5.10 Å². The summed E-state index contributed by atoms with van der Waals surface area (Å²) in [7, 11) is 0. The van der Waals surface area contributed by atoms with Crippen LogP contribution in [0.5, 0.6) is 0 Å². The number of halogens is 1. The molecule has 1 amide bonds. The van der Waals surface area contributed by atoms with Crippen molar-refractivity contribution >= 4 is 17.5 Å². The Hall–Kier alpha value is -1.07. The van der Waals surface area contributed by atoms with Crippen molar-refractivity contribution in [3.05, 3.63) is 16.4 Å². The van der Waals surface area contributed by atoms with Crippen molar-refractivity contribution in [2.75, 3.05) is 0 Å². The molecular weight excluding hydrogens is 264 g/mol. The number of carbonyl (C=O) groups is 1. The van der Waals surface area contributed by atoms with Crippen LogP contribution in [0.3, 0.4) is 0 Å². The van der Waals surface area contributed by atoms with Crippen LogP contribution < -0.4 is 11.5 Å². The minimum absolute atomic E-state index is 0.132. The van der Waals surface area contributed by atoms with Crippen LogP contribution in [0.15, 0.2) is 0 Å². The first kappa shape index (κ1) is 14.3.